The normalized spacial score (nSPS) is 31.3. The number of ether oxygens (including phenoxy) is 1. The number of para-hydroxylation sites is 1. The molecule has 0 amide bonds. The van der Waals surface area contributed by atoms with Crippen LogP contribution in [-0.4, -0.2) is 12.6 Å². The molecular formula is C15H21NO. The SMILES string of the molecule is Cc1cccc2c1OCCCC2NC1CC1C. The fraction of sp³-hybridized carbons (Fsp3) is 0.600. The summed E-state index contributed by atoms with van der Waals surface area (Å²) in [7, 11) is 0. The van der Waals surface area contributed by atoms with E-state index in [0.29, 0.717) is 6.04 Å². The van der Waals surface area contributed by atoms with Crippen LogP contribution in [0.25, 0.3) is 0 Å². The van der Waals surface area contributed by atoms with Gasteiger partial charge < -0.3 is 10.1 Å². The Bertz CT molecular complexity index is 415. The van der Waals surface area contributed by atoms with Crippen LogP contribution < -0.4 is 10.1 Å². The smallest absolute Gasteiger partial charge is 0.126 e. The van der Waals surface area contributed by atoms with Gasteiger partial charge in [0.1, 0.15) is 5.75 Å². The zero-order valence-electron chi connectivity index (χ0n) is 10.7. The van der Waals surface area contributed by atoms with Crippen LogP contribution in [0.2, 0.25) is 0 Å². The molecule has 3 unspecified atom stereocenters. The first-order valence-electron chi connectivity index (χ1n) is 6.74. The number of rotatable bonds is 2. The van der Waals surface area contributed by atoms with Crippen LogP contribution in [0, 0.1) is 12.8 Å². The maximum Gasteiger partial charge on any atom is 0.126 e. The summed E-state index contributed by atoms with van der Waals surface area (Å²) in [5, 5.41) is 3.79. The van der Waals surface area contributed by atoms with E-state index in [-0.39, 0.29) is 0 Å². The maximum atomic E-state index is 5.90. The number of aryl methyl sites for hydroxylation is 1. The van der Waals surface area contributed by atoms with E-state index >= 15 is 0 Å². The molecule has 3 atom stereocenters. The Morgan fingerprint density at radius 3 is 2.94 bits per heavy atom. The first-order valence-corrected chi connectivity index (χ1v) is 6.74. The van der Waals surface area contributed by atoms with Gasteiger partial charge in [-0.1, -0.05) is 25.1 Å². The number of benzene rings is 1. The predicted octanol–water partition coefficient (Wildman–Crippen LogP) is 3.21. The summed E-state index contributed by atoms with van der Waals surface area (Å²) in [6, 6.07) is 7.72. The molecule has 1 aromatic carbocycles. The lowest BCUT2D eigenvalue weighted by atomic mass is 9.99. The van der Waals surface area contributed by atoms with E-state index in [1.807, 2.05) is 0 Å². The van der Waals surface area contributed by atoms with Crippen molar-refractivity contribution in [2.45, 2.75) is 45.2 Å². The van der Waals surface area contributed by atoms with Crippen molar-refractivity contribution in [3.8, 4) is 5.75 Å². The molecular weight excluding hydrogens is 210 g/mol. The van der Waals surface area contributed by atoms with Gasteiger partial charge in [-0.25, -0.2) is 0 Å². The molecule has 1 aliphatic heterocycles. The number of fused-ring (bicyclic) bond motifs is 1. The Morgan fingerprint density at radius 2 is 2.18 bits per heavy atom. The van der Waals surface area contributed by atoms with Crippen molar-refractivity contribution in [1.82, 2.24) is 5.32 Å². The Morgan fingerprint density at radius 1 is 1.35 bits per heavy atom. The van der Waals surface area contributed by atoms with Crippen molar-refractivity contribution in [2.75, 3.05) is 6.61 Å². The van der Waals surface area contributed by atoms with Crippen LogP contribution in [0.15, 0.2) is 18.2 Å². The average Bonchev–Trinajstić information content (AvgIpc) is 3.04. The Hall–Kier alpha value is -1.02. The zero-order chi connectivity index (χ0) is 11.8. The van der Waals surface area contributed by atoms with E-state index in [9.17, 15) is 0 Å². The van der Waals surface area contributed by atoms with E-state index in [1.165, 1.54) is 24.0 Å². The Kier molecular flexibility index (Phi) is 2.83. The molecule has 2 heteroatoms. The molecule has 0 spiro atoms. The first-order chi connectivity index (χ1) is 8.25. The maximum absolute atomic E-state index is 5.90. The average molecular weight is 231 g/mol. The largest absolute Gasteiger partial charge is 0.493 e. The molecule has 0 aromatic heterocycles. The molecule has 0 radical (unpaired) electrons. The minimum Gasteiger partial charge on any atom is -0.493 e. The third kappa shape index (κ3) is 2.19. The number of hydrogen-bond acceptors (Lipinski definition) is 2. The summed E-state index contributed by atoms with van der Waals surface area (Å²) in [5.74, 6) is 1.98. The monoisotopic (exact) mass is 231 g/mol. The quantitative estimate of drug-likeness (QED) is 0.844. The summed E-state index contributed by atoms with van der Waals surface area (Å²) in [4.78, 5) is 0. The molecule has 2 aliphatic rings. The van der Waals surface area contributed by atoms with Crippen LogP contribution in [-0.2, 0) is 0 Å². The van der Waals surface area contributed by atoms with Crippen LogP contribution in [0.4, 0.5) is 0 Å². The molecule has 1 fully saturated rings. The second-order valence-electron chi connectivity index (χ2n) is 5.52. The zero-order valence-corrected chi connectivity index (χ0v) is 10.7. The lowest BCUT2D eigenvalue weighted by Crippen LogP contribution is -2.24. The highest BCUT2D eigenvalue weighted by Gasteiger charge is 2.35. The number of nitrogens with one attached hydrogen (secondary N) is 1. The van der Waals surface area contributed by atoms with Gasteiger partial charge in [0.25, 0.3) is 0 Å². The fourth-order valence-corrected chi connectivity index (χ4v) is 2.75. The highest BCUT2D eigenvalue weighted by atomic mass is 16.5. The van der Waals surface area contributed by atoms with Gasteiger partial charge in [-0.05, 0) is 37.7 Å². The summed E-state index contributed by atoms with van der Waals surface area (Å²) in [6.45, 7) is 5.32. The van der Waals surface area contributed by atoms with Crippen molar-refractivity contribution in [3.63, 3.8) is 0 Å². The van der Waals surface area contributed by atoms with Gasteiger partial charge in [0.2, 0.25) is 0 Å². The van der Waals surface area contributed by atoms with Gasteiger partial charge in [-0.2, -0.15) is 0 Å². The third-order valence-corrected chi connectivity index (χ3v) is 4.03. The summed E-state index contributed by atoms with van der Waals surface area (Å²) >= 11 is 0. The lowest BCUT2D eigenvalue weighted by Gasteiger charge is -2.19. The molecule has 17 heavy (non-hydrogen) atoms. The van der Waals surface area contributed by atoms with E-state index < -0.39 is 0 Å². The van der Waals surface area contributed by atoms with Gasteiger partial charge in [0.05, 0.1) is 6.61 Å². The molecule has 1 N–H and O–H groups in total. The summed E-state index contributed by atoms with van der Waals surface area (Å²) < 4.78 is 5.90. The Balaban J connectivity index is 1.87. The van der Waals surface area contributed by atoms with Crippen molar-refractivity contribution in [2.24, 2.45) is 5.92 Å². The lowest BCUT2D eigenvalue weighted by molar-refractivity contribution is 0.313. The van der Waals surface area contributed by atoms with E-state index in [0.717, 1.165) is 30.7 Å². The first kappa shape index (κ1) is 11.1. The van der Waals surface area contributed by atoms with Gasteiger partial charge >= 0.3 is 0 Å². The molecule has 92 valence electrons. The molecule has 1 aromatic rings. The second kappa shape index (κ2) is 4.34. The summed E-state index contributed by atoms with van der Waals surface area (Å²) in [5.41, 5.74) is 2.63. The van der Waals surface area contributed by atoms with E-state index in [1.54, 1.807) is 0 Å². The molecule has 1 aliphatic carbocycles. The standard InChI is InChI=1S/C15H21NO/c1-10-5-3-6-12-13(16-14-9-11(14)2)7-4-8-17-15(10)12/h3,5-6,11,13-14,16H,4,7-9H2,1-2H3. The molecule has 0 saturated heterocycles. The van der Waals surface area contributed by atoms with Crippen molar-refractivity contribution < 1.29 is 4.74 Å². The van der Waals surface area contributed by atoms with E-state index in [2.05, 4.69) is 37.4 Å². The number of hydrogen-bond donors (Lipinski definition) is 1. The molecule has 2 nitrogen and oxygen atoms in total. The molecule has 3 rings (SSSR count). The third-order valence-electron chi connectivity index (χ3n) is 4.03. The van der Waals surface area contributed by atoms with Crippen molar-refractivity contribution in [1.29, 1.82) is 0 Å². The van der Waals surface area contributed by atoms with Gasteiger partial charge in [0.15, 0.2) is 0 Å². The van der Waals surface area contributed by atoms with Crippen LogP contribution in [0.1, 0.15) is 43.4 Å². The van der Waals surface area contributed by atoms with Gasteiger partial charge in [-0.15, -0.1) is 0 Å². The Labute approximate surface area is 103 Å². The van der Waals surface area contributed by atoms with Crippen LogP contribution in [0.5, 0.6) is 5.75 Å². The van der Waals surface area contributed by atoms with Crippen molar-refractivity contribution >= 4 is 0 Å². The second-order valence-corrected chi connectivity index (χ2v) is 5.52. The minimum atomic E-state index is 0.488. The van der Waals surface area contributed by atoms with Crippen LogP contribution in [0.3, 0.4) is 0 Å². The molecule has 1 saturated carbocycles. The van der Waals surface area contributed by atoms with Gasteiger partial charge in [0, 0.05) is 17.6 Å². The van der Waals surface area contributed by atoms with Crippen LogP contribution >= 0.6 is 0 Å². The highest BCUT2D eigenvalue weighted by Crippen LogP contribution is 2.38. The minimum absolute atomic E-state index is 0.488. The van der Waals surface area contributed by atoms with Crippen molar-refractivity contribution in [3.05, 3.63) is 29.3 Å². The molecule has 0 bridgehead atoms. The summed E-state index contributed by atoms with van der Waals surface area (Å²) in [6.07, 6.45) is 3.67. The van der Waals surface area contributed by atoms with Gasteiger partial charge in [-0.3, -0.25) is 0 Å². The predicted molar refractivity (Wildman–Crippen MR) is 69.4 cm³/mol. The fourth-order valence-electron chi connectivity index (χ4n) is 2.75. The topological polar surface area (TPSA) is 21.3 Å². The molecule has 1 heterocycles. The van der Waals surface area contributed by atoms with E-state index in [4.69, 9.17) is 4.74 Å². The highest BCUT2D eigenvalue weighted by molar-refractivity contribution is 5.43.